The van der Waals surface area contributed by atoms with E-state index in [0.717, 1.165) is 10.4 Å². The molecule has 2 aromatic carbocycles. The number of fused-ring (bicyclic) bond motifs is 1. The smallest absolute Gasteiger partial charge is 0.357 e. The summed E-state index contributed by atoms with van der Waals surface area (Å²) < 4.78 is 2.54. The summed E-state index contributed by atoms with van der Waals surface area (Å²) in [4.78, 5) is 24.3. The molecule has 0 atom stereocenters. The van der Waals surface area contributed by atoms with Crippen molar-refractivity contribution in [3.05, 3.63) is 76.5 Å². The Balaban J connectivity index is 1.85. The van der Waals surface area contributed by atoms with Gasteiger partial charge in [0.15, 0.2) is 11.5 Å². The summed E-state index contributed by atoms with van der Waals surface area (Å²) in [7, 11) is 0. The number of tetrazole rings is 1. The Bertz CT molecular complexity index is 1170. The van der Waals surface area contributed by atoms with Crippen LogP contribution in [0, 0.1) is 0 Å². The fourth-order valence-corrected chi connectivity index (χ4v) is 2.71. The van der Waals surface area contributed by atoms with Crippen LogP contribution < -0.4 is 5.56 Å². The Morgan fingerprint density at radius 2 is 1.69 bits per heavy atom. The third-order valence-corrected chi connectivity index (χ3v) is 3.90. The molecule has 128 valence electrons. The largest absolute Gasteiger partial charge is 0.476 e. The van der Waals surface area contributed by atoms with Crippen molar-refractivity contribution in [2.75, 3.05) is 0 Å². The van der Waals surface area contributed by atoms with Crippen LogP contribution in [0.5, 0.6) is 0 Å². The highest BCUT2D eigenvalue weighted by Crippen LogP contribution is 2.14. The predicted molar refractivity (Wildman–Crippen MR) is 91.2 cm³/mol. The Kier molecular flexibility index (Phi) is 3.73. The maximum absolute atomic E-state index is 12.7. The molecule has 4 rings (SSSR count). The van der Waals surface area contributed by atoms with Crippen molar-refractivity contribution in [1.82, 2.24) is 30.0 Å². The number of hydrogen-bond acceptors (Lipinski definition) is 6. The summed E-state index contributed by atoms with van der Waals surface area (Å²) in [6.07, 6.45) is 0. The van der Waals surface area contributed by atoms with Crippen LogP contribution in [0.1, 0.15) is 16.3 Å². The van der Waals surface area contributed by atoms with Crippen molar-refractivity contribution in [2.24, 2.45) is 0 Å². The van der Waals surface area contributed by atoms with Crippen LogP contribution in [-0.2, 0) is 6.54 Å². The maximum atomic E-state index is 12.7. The fraction of sp³-hybridized carbons (Fsp3) is 0.0588. The minimum atomic E-state index is -1.21. The number of hydrogen-bond donors (Lipinski definition) is 1. The van der Waals surface area contributed by atoms with Crippen LogP contribution in [-0.4, -0.2) is 41.1 Å². The lowest BCUT2D eigenvalue weighted by atomic mass is 10.1. The van der Waals surface area contributed by atoms with E-state index >= 15 is 0 Å². The second-order valence-electron chi connectivity index (χ2n) is 5.50. The second-order valence-corrected chi connectivity index (χ2v) is 5.50. The van der Waals surface area contributed by atoms with E-state index in [1.165, 1.54) is 4.68 Å². The van der Waals surface area contributed by atoms with Gasteiger partial charge in [0.2, 0.25) is 0 Å². The van der Waals surface area contributed by atoms with Gasteiger partial charge < -0.3 is 5.11 Å². The van der Waals surface area contributed by atoms with Gasteiger partial charge in [-0.15, -0.1) is 5.10 Å². The lowest BCUT2D eigenvalue weighted by molar-refractivity contribution is 0.0690. The quantitative estimate of drug-likeness (QED) is 0.587. The Morgan fingerprint density at radius 3 is 2.42 bits per heavy atom. The molecule has 0 unspecified atom stereocenters. The Labute approximate surface area is 146 Å². The average Bonchev–Trinajstić information content (AvgIpc) is 3.13. The van der Waals surface area contributed by atoms with Crippen LogP contribution >= 0.6 is 0 Å². The summed E-state index contributed by atoms with van der Waals surface area (Å²) >= 11 is 0. The minimum Gasteiger partial charge on any atom is -0.476 e. The van der Waals surface area contributed by atoms with Gasteiger partial charge in [-0.2, -0.15) is 9.78 Å². The fourth-order valence-electron chi connectivity index (χ4n) is 2.71. The standard InChI is InChI=1S/C17H12N6O3/c24-16-13-9-5-4-8-12(13)15(17(25)26)19-22(16)10-14-18-20-21-23(14)11-6-2-1-3-7-11/h1-9H,10H2,(H,25,26). The van der Waals surface area contributed by atoms with Gasteiger partial charge in [0.05, 0.1) is 11.1 Å². The van der Waals surface area contributed by atoms with E-state index in [0.29, 0.717) is 11.2 Å². The Hall–Kier alpha value is -3.88. The zero-order chi connectivity index (χ0) is 18.1. The maximum Gasteiger partial charge on any atom is 0.357 e. The lowest BCUT2D eigenvalue weighted by Crippen LogP contribution is -2.27. The number of rotatable bonds is 4. The van der Waals surface area contributed by atoms with Gasteiger partial charge >= 0.3 is 5.97 Å². The molecular formula is C17H12N6O3. The van der Waals surface area contributed by atoms with Gasteiger partial charge in [0.1, 0.15) is 6.54 Å². The molecule has 2 aromatic heterocycles. The van der Waals surface area contributed by atoms with Crippen LogP contribution in [0.2, 0.25) is 0 Å². The van der Waals surface area contributed by atoms with Crippen molar-refractivity contribution >= 4 is 16.7 Å². The molecule has 0 aliphatic carbocycles. The molecule has 0 aliphatic heterocycles. The summed E-state index contributed by atoms with van der Waals surface area (Å²) in [6.45, 7) is -0.0636. The second kappa shape index (κ2) is 6.20. The van der Waals surface area contributed by atoms with Gasteiger partial charge in [0, 0.05) is 5.39 Å². The van der Waals surface area contributed by atoms with Gasteiger partial charge in [-0.3, -0.25) is 4.79 Å². The summed E-state index contributed by atoms with van der Waals surface area (Å²) in [5.41, 5.74) is 0.118. The number of aromatic carboxylic acids is 1. The van der Waals surface area contributed by atoms with Crippen molar-refractivity contribution in [3.8, 4) is 5.69 Å². The first-order valence-electron chi connectivity index (χ1n) is 7.71. The number of aromatic nitrogens is 6. The van der Waals surface area contributed by atoms with E-state index in [4.69, 9.17) is 0 Å². The first kappa shape index (κ1) is 15.6. The molecule has 26 heavy (non-hydrogen) atoms. The highest BCUT2D eigenvalue weighted by atomic mass is 16.4. The third kappa shape index (κ3) is 2.61. The molecule has 0 saturated carbocycles. The van der Waals surface area contributed by atoms with Crippen LogP contribution in [0.3, 0.4) is 0 Å². The van der Waals surface area contributed by atoms with Crippen molar-refractivity contribution in [3.63, 3.8) is 0 Å². The molecule has 0 bridgehead atoms. The van der Waals surface area contributed by atoms with E-state index in [1.807, 2.05) is 30.3 Å². The molecule has 0 saturated heterocycles. The summed E-state index contributed by atoms with van der Waals surface area (Å²) in [6, 6.07) is 15.6. The average molecular weight is 348 g/mol. The molecule has 9 heteroatoms. The molecule has 0 aliphatic rings. The van der Waals surface area contributed by atoms with Gasteiger partial charge in [-0.1, -0.05) is 36.4 Å². The number of carbonyl (C=O) groups is 1. The molecule has 2 heterocycles. The number of carboxylic acids is 1. The van der Waals surface area contributed by atoms with Crippen molar-refractivity contribution in [1.29, 1.82) is 0 Å². The predicted octanol–water partition coefficient (Wildman–Crippen LogP) is 1.12. The number of carboxylic acid groups (broad SMARTS) is 1. The summed E-state index contributed by atoms with van der Waals surface area (Å²) in [5, 5.41) is 25.5. The van der Waals surface area contributed by atoms with Gasteiger partial charge in [-0.25, -0.2) is 9.48 Å². The van der Waals surface area contributed by atoms with Crippen LogP contribution in [0.4, 0.5) is 0 Å². The van der Waals surface area contributed by atoms with Gasteiger partial charge in [0.25, 0.3) is 5.56 Å². The zero-order valence-electron chi connectivity index (χ0n) is 13.4. The van der Waals surface area contributed by atoms with E-state index in [-0.39, 0.29) is 17.6 Å². The monoisotopic (exact) mass is 348 g/mol. The van der Waals surface area contributed by atoms with E-state index in [2.05, 4.69) is 20.6 Å². The normalized spacial score (nSPS) is 10.9. The minimum absolute atomic E-state index is 0.0636. The Morgan fingerprint density at radius 1 is 1.00 bits per heavy atom. The van der Waals surface area contributed by atoms with Crippen LogP contribution in [0.25, 0.3) is 16.5 Å². The van der Waals surface area contributed by atoms with Crippen LogP contribution in [0.15, 0.2) is 59.4 Å². The first-order chi connectivity index (χ1) is 12.6. The zero-order valence-corrected chi connectivity index (χ0v) is 13.4. The molecule has 0 fully saturated rings. The topological polar surface area (TPSA) is 116 Å². The lowest BCUT2D eigenvalue weighted by Gasteiger charge is -2.09. The van der Waals surface area contributed by atoms with E-state index in [1.54, 1.807) is 24.3 Å². The SMILES string of the molecule is O=C(O)c1nn(Cc2nnnn2-c2ccccc2)c(=O)c2ccccc12. The molecular weight excluding hydrogens is 336 g/mol. The molecule has 0 spiro atoms. The van der Waals surface area contributed by atoms with Crippen molar-refractivity contribution in [2.45, 2.75) is 6.54 Å². The third-order valence-electron chi connectivity index (χ3n) is 3.90. The molecule has 0 radical (unpaired) electrons. The molecule has 1 N–H and O–H groups in total. The molecule has 4 aromatic rings. The first-order valence-corrected chi connectivity index (χ1v) is 7.71. The molecule has 9 nitrogen and oxygen atoms in total. The number of para-hydroxylation sites is 1. The highest BCUT2D eigenvalue weighted by molar-refractivity contribution is 6.01. The highest BCUT2D eigenvalue weighted by Gasteiger charge is 2.17. The van der Waals surface area contributed by atoms with E-state index in [9.17, 15) is 14.7 Å². The van der Waals surface area contributed by atoms with E-state index < -0.39 is 11.5 Å². The molecule has 0 amide bonds. The number of benzene rings is 2. The summed E-state index contributed by atoms with van der Waals surface area (Å²) in [5.74, 6) is -0.852. The number of nitrogens with zero attached hydrogens (tertiary/aromatic N) is 6. The van der Waals surface area contributed by atoms with Gasteiger partial charge in [-0.05, 0) is 28.6 Å². The van der Waals surface area contributed by atoms with Crippen molar-refractivity contribution < 1.29 is 9.90 Å².